The number of nitrogens with zero attached hydrogens (tertiary/aromatic N) is 2. The first kappa shape index (κ1) is 18.3. The molecule has 1 aliphatic carbocycles. The van der Waals surface area contributed by atoms with Crippen LogP contribution < -0.4 is 0 Å². The third-order valence-corrected chi connectivity index (χ3v) is 5.25. The fourth-order valence-electron chi connectivity index (χ4n) is 3.55. The third-order valence-electron chi connectivity index (χ3n) is 5.25. The maximum atomic E-state index is 13.1. The van der Waals surface area contributed by atoms with Gasteiger partial charge in [0.2, 0.25) is 5.91 Å². The molecule has 144 valence electrons. The molecule has 1 heterocycles. The maximum absolute atomic E-state index is 13.1. The van der Waals surface area contributed by atoms with E-state index in [0.29, 0.717) is 17.7 Å². The molecule has 1 fully saturated rings. The number of halogens is 1. The van der Waals surface area contributed by atoms with E-state index in [1.54, 1.807) is 35.2 Å². The van der Waals surface area contributed by atoms with Crippen LogP contribution in [0.15, 0.2) is 42.5 Å². The largest absolute Gasteiger partial charge is 0.335 e. The summed E-state index contributed by atoms with van der Waals surface area (Å²) in [5.74, 6) is -1.09. The van der Waals surface area contributed by atoms with E-state index in [-0.39, 0.29) is 42.5 Å². The van der Waals surface area contributed by atoms with Gasteiger partial charge in [-0.25, -0.2) is 4.39 Å². The monoisotopic (exact) mass is 380 g/mol. The van der Waals surface area contributed by atoms with Crippen molar-refractivity contribution in [3.8, 4) is 0 Å². The zero-order valence-corrected chi connectivity index (χ0v) is 15.7. The van der Waals surface area contributed by atoms with Crippen molar-refractivity contribution in [2.24, 2.45) is 0 Å². The molecule has 0 radical (unpaired) electrons. The minimum atomic E-state index is -0.343. The van der Waals surface area contributed by atoms with Gasteiger partial charge in [0.15, 0.2) is 0 Å². The highest BCUT2D eigenvalue weighted by Crippen LogP contribution is 2.30. The molecule has 0 bridgehead atoms. The van der Waals surface area contributed by atoms with Crippen LogP contribution in [0.1, 0.15) is 51.1 Å². The summed E-state index contributed by atoms with van der Waals surface area (Å²) in [5.41, 5.74) is 2.58. The molecule has 1 aliphatic heterocycles. The summed E-state index contributed by atoms with van der Waals surface area (Å²) in [6.07, 6.45) is 1.97. The van der Waals surface area contributed by atoms with Crippen LogP contribution in [0.5, 0.6) is 0 Å². The number of imide groups is 1. The molecule has 6 heteroatoms. The average molecular weight is 380 g/mol. The molecule has 5 nitrogen and oxygen atoms in total. The van der Waals surface area contributed by atoms with Crippen molar-refractivity contribution in [1.29, 1.82) is 0 Å². The van der Waals surface area contributed by atoms with Crippen molar-refractivity contribution in [2.45, 2.75) is 38.8 Å². The Morgan fingerprint density at radius 2 is 1.75 bits per heavy atom. The normalized spacial score (nSPS) is 15.7. The van der Waals surface area contributed by atoms with E-state index in [4.69, 9.17) is 0 Å². The summed E-state index contributed by atoms with van der Waals surface area (Å²) in [6, 6.07) is 11.5. The van der Waals surface area contributed by atoms with E-state index < -0.39 is 0 Å². The van der Waals surface area contributed by atoms with Gasteiger partial charge in [-0.1, -0.05) is 23.8 Å². The van der Waals surface area contributed by atoms with E-state index in [0.717, 1.165) is 28.9 Å². The Morgan fingerprint density at radius 1 is 1.07 bits per heavy atom. The molecule has 0 unspecified atom stereocenters. The van der Waals surface area contributed by atoms with Crippen molar-refractivity contribution in [2.75, 3.05) is 6.54 Å². The van der Waals surface area contributed by atoms with Gasteiger partial charge in [-0.15, -0.1) is 0 Å². The second-order valence-corrected chi connectivity index (χ2v) is 7.44. The van der Waals surface area contributed by atoms with Gasteiger partial charge < -0.3 is 4.90 Å². The topological polar surface area (TPSA) is 57.7 Å². The van der Waals surface area contributed by atoms with Crippen LogP contribution in [0.4, 0.5) is 4.39 Å². The minimum absolute atomic E-state index is 0.0663. The van der Waals surface area contributed by atoms with E-state index >= 15 is 0 Å². The van der Waals surface area contributed by atoms with Crippen LogP contribution in [-0.4, -0.2) is 40.1 Å². The number of amides is 3. The van der Waals surface area contributed by atoms with Gasteiger partial charge in [-0.05, 0) is 49.6 Å². The van der Waals surface area contributed by atoms with Gasteiger partial charge >= 0.3 is 0 Å². The van der Waals surface area contributed by atoms with Crippen LogP contribution in [0.2, 0.25) is 0 Å². The fraction of sp³-hybridized carbons (Fsp3) is 0.318. The predicted octanol–water partition coefficient (Wildman–Crippen LogP) is 3.31. The molecule has 2 aliphatic rings. The van der Waals surface area contributed by atoms with Crippen molar-refractivity contribution in [1.82, 2.24) is 9.80 Å². The smallest absolute Gasteiger partial charge is 0.261 e. The molecule has 28 heavy (non-hydrogen) atoms. The highest BCUT2D eigenvalue weighted by Gasteiger charge is 2.37. The van der Waals surface area contributed by atoms with Crippen LogP contribution >= 0.6 is 0 Å². The van der Waals surface area contributed by atoms with Crippen LogP contribution in [0.25, 0.3) is 0 Å². The fourth-order valence-corrected chi connectivity index (χ4v) is 3.55. The third kappa shape index (κ3) is 3.54. The summed E-state index contributed by atoms with van der Waals surface area (Å²) in [5, 5.41) is 0. The van der Waals surface area contributed by atoms with Gasteiger partial charge in [-0.3, -0.25) is 19.3 Å². The molecule has 2 aromatic rings. The molecule has 0 spiro atoms. The second kappa shape index (κ2) is 7.19. The molecule has 0 atom stereocenters. The summed E-state index contributed by atoms with van der Waals surface area (Å²) in [4.78, 5) is 40.8. The predicted molar refractivity (Wildman–Crippen MR) is 101 cm³/mol. The number of rotatable bonds is 6. The zero-order chi connectivity index (χ0) is 19.8. The first-order valence-electron chi connectivity index (χ1n) is 9.45. The Bertz CT molecular complexity index is 951. The molecule has 0 N–H and O–H groups in total. The second-order valence-electron chi connectivity index (χ2n) is 7.44. The lowest BCUT2D eigenvalue weighted by Crippen LogP contribution is -2.37. The van der Waals surface area contributed by atoms with E-state index in [2.05, 4.69) is 0 Å². The highest BCUT2D eigenvalue weighted by molar-refractivity contribution is 6.21. The summed E-state index contributed by atoms with van der Waals surface area (Å²) in [6.45, 7) is 2.34. The van der Waals surface area contributed by atoms with Crippen molar-refractivity contribution in [3.63, 3.8) is 0 Å². The van der Waals surface area contributed by atoms with Crippen molar-refractivity contribution in [3.05, 3.63) is 70.5 Å². The summed E-state index contributed by atoms with van der Waals surface area (Å²) < 4.78 is 13.1. The molecule has 2 aromatic carbocycles. The standard InChI is InChI=1S/C22H21FN2O3/c1-14-2-9-18-19(12-14)22(28)24(21(18)27)11-10-20(26)25(17-7-8-17)13-15-3-5-16(23)6-4-15/h2-6,9,12,17H,7-8,10-11,13H2,1H3. The summed E-state index contributed by atoms with van der Waals surface area (Å²) >= 11 is 0. The Morgan fingerprint density at radius 3 is 2.43 bits per heavy atom. The number of hydrogen-bond acceptors (Lipinski definition) is 3. The molecule has 1 saturated carbocycles. The molecule has 0 saturated heterocycles. The number of fused-ring (bicyclic) bond motifs is 1. The minimum Gasteiger partial charge on any atom is -0.335 e. The Labute approximate surface area is 162 Å². The van der Waals surface area contributed by atoms with Crippen LogP contribution in [-0.2, 0) is 11.3 Å². The van der Waals surface area contributed by atoms with Gasteiger partial charge in [0.1, 0.15) is 5.82 Å². The highest BCUT2D eigenvalue weighted by atomic mass is 19.1. The summed E-state index contributed by atoms with van der Waals surface area (Å²) in [7, 11) is 0. The van der Waals surface area contributed by atoms with E-state index in [1.807, 2.05) is 6.92 Å². The van der Waals surface area contributed by atoms with E-state index in [1.165, 1.54) is 12.1 Å². The lowest BCUT2D eigenvalue weighted by molar-refractivity contribution is -0.132. The van der Waals surface area contributed by atoms with Crippen LogP contribution in [0.3, 0.4) is 0 Å². The lowest BCUT2D eigenvalue weighted by atomic mass is 10.1. The van der Waals surface area contributed by atoms with Gasteiger partial charge in [0, 0.05) is 25.6 Å². The molecule has 0 aromatic heterocycles. The maximum Gasteiger partial charge on any atom is 0.261 e. The zero-order valence-electron chi connectivity index (χ0n) is 15.7. The Kier molecular flexibility index (Phi) is 4.71. The van der Waals surface area contributed by atoms with E-state index in [9.17, 15) is 18.8 Å². The van der Waals surface area contributed by atoms with Crippen LogP contribution in [0, 0.1) is 12.7 Å². The molecule has 3 amide bonds. The Balaban J connectivity index is 1.42. The number of benzene rings is 2. The number of carbonyl (C=O) groups excluding carboxylic acids is 3. The number of aryl methyl sites for hydroxylation is 1. The molecule has 4 rings (SSSR count). The first-order chi connectivity index (χ1) is 13.4. The quantitative estimate of drug-likeness (QED) is 0.723. The SMILES string of the molecule is Cc1ccc2c(c1)C(=O)N(CCC(=O)N(Cc1ccc(F)cc1)C1CC1)C2=O. The Hall–Kier alpha value is -3.02. The number of carbonyl (C=O) groups is 3. The number of hydrogen-bond donors (Lipinski definition) is 0. The van der Waals surface area contributed by atoms with Gasteiger partial charge in [0.05, 0.1) is 11.1 Å². The molecular formula is C22H21FN2O3. The van der Waals surface area contributed by atoms with Crippen molar-refractivity contribution < 1.29 is 18.8 Å². The van der Waals surface area contributed by atoms with Gasteiger partial charge in [0.25, 0.3) is 11.8 Å². The molecular weight excluding hydrogens is 359 g/mol. The van der Waals surface area contributed by atoms with Crippen molar-refractivity contribution >= 4 is 17.7 Å². The lowest BCUT2D eigenvalue weighted by Gasteiger charge is -2.24. The van der Waals surface area contributed by atoms with Gasteiger partial charge in [-0.2, -0.15) is 0 Å². The average Bonchev–Trinajstić information content (AvgIpc) is 3.48. The first-order valence-corrected chi connectivity index (χ1v) is 9.45.